The number of aliphatic hydroxyl groups excluding tert-OH is 1. The van der Waals surface area contributed by atoms with Crippen molar-refractivity contribution in [2.75, 3.05) is 25.5 Å². The molecular formula is C16H24N2O3. The first-order valence-electron chi connectivity index (χ1n) is 7.59. The van der Waals surface area contributed by atoms with E-state index in [0.29, 0.717) is 24.5 Å². The van der Waals surface area contributed by atoms with Crippen molar-refractivity contribution in [1.82, 2.24) is 4.90 Å². The summed E-state index contributed by atoms with van der Waals surface area (Å²) in [6.07, 6.45) is 4.12. The molecule has 1 atom stereocenters. The first-order valence-corrected chi connectivity index (χ1v) is 7.59. The van der Waals surface area contributed by atoms with Gasteiger partial charge in [0.25, 0.3) is 0 Å². The van der Waals surface area contributed by atoms with Crippen molar-refractivity contribution >= 4 is 11.6 Å². The Hall–Kier alpha value is -1.75. The minimum Gasteiger partial charge on any atom is -0.493 e. The van der Waals surface area contributed by atoms with Gasteiger partial charge >= 0.3 is 0 Å². The number of benzene rings is 1. The van der Waals surface area contributed by atoms with E-state index in [9.17, 15) is 4.79 Å². The van der Waals surface area contributed by atoms with Gasteiger partial charge in [-0.05, 0) is 37.8 Å². The van der Waals surface area contributed by atoms with Gasteiger partial charge in [0.1, 0.15) is 5.75 Å². The molecule has 1 unspecified atom stereocenters. The number of likely N-dealkylation sites (tertiary alicyclic amines) is 1. The molecule has 3 N–H and O–H groups in total. The van der Waals surface area contributed by atoms with Crippen LogP contribution in [-0.2, 0) is 4.79 Å². The van der Waals surface area contributed by atoms with Crippen LogP contribution in [0.1, 0.15) is 32.1 Å². The maximum absolute atomic E-state index is 12.2. The summed E-state index contributed by atoms with van der Waals surface area (Å²) >= 11 is 0. The Morgan fingerprint density at radius 2 is 2.33 bits per heavy atom. The van der Waals surface area contributed by atoms with Gasteiger partial charge in [-0.2, -0.15) is 0 Å². The zero-order valence-electron chi connectivity index (χ0n) is 12.3. The molecule has 0 saturated carbocycles. The lowest BCUT2D eigenvalue weighted by Gasteiger charge is -2.24. The van der Waals surface area contributed by atoms with E-state index < -0.39 is 0 Å². The fraction of sp³-hybridized carbons (Fsp3) is 0.562. The molecule has 0 spiro atoms. The van der Waals surface area contributed by atoms with Crippen LogP contribution in [-0.4, -0.2) is 41.7 Å². The van der Waals surface area contributed by atoms with Gasteiger partial charge in [-0.1, -0.05) is 6.07 Å². The van der Waals surface area contributed by atoms with Crippen LogP contribution >= 0.6 is 0 Å². The predicted molar refractivity (Wildman–Crippen MR) is 82.0 cm³/mol. The Morgan fingerprint density at radius 1 is 1.48 bits per heavy atom. The normalized spacial score (nSPS) is 18.0. The zero-order chi connectivity index (χ0) is 15.1. The summed E-state index contributed by atoms with van der Waals surface area (Å²) in [6.45, 7) is 1.38. The molecular weight excluding hydrogens is 268 g/mol. The minimum absolute atomic E-state index is 0.138. The zero-order valence-corrected chi connectivity index (χ0v) is 12.3. The number of nitrogen functional groups attached to an aromatic ring is 1. The van der Waals surface area contributed by atoms with Crippen LogP contribution in [0, 0.1) is 0 Å². The van der Waals surface area contributed by atoms with Crippen LogP contribution in [0.25, 0.3) is 0 Å². The van der Waals surface area contributed by atoms with E-state index in [1.54, 1.807) is 12.1 Å². The Bertz CT molecular complexity index is 465. The second-order valence-corrected chi connectivity index (χ2v) is 5.42. The molecule has 0 aromatic heterocycles. The summed E-state index contributed by atoms with van der Waals surface area (Å²) in [6, 6.07) is 7.51. The maximum atomic E-state index is 12.2. The number of rotatable bonds is 7. The second kappa shape index (κ2) is 7.88. The van der Waals surface area contributed by atoms with Crippen molar-refractivity contribution in [3.63, 3.8) is 0 Å². The van der Waals surface area contributed by atoms with Gasteiger partial charge in [0, 0.05) is 30.9 Å². The van der Waals surface area contributed by atoms with E-state index >= 15 is 0 Å². The number of anilines is 1. The Kier molecular flexibility index (Phi) is 5.87. The van der Waals surface area contributed by atoms with E-state index in [-0.39, 0.29) is 18.6 Å². The largest absolute Gasteiger partial charge is 0.493 e. The number of carbonyl (C=O) groups is 1. The standard InChI is InChI=1S/C16H24N2O3/c17-13-4-1-7-15(12-13)21-11-8-16(20)18-9-2-5-14(18)6-3-10-19/h1,4,7,12,14,19H,2-3,5-6,8-11,17H2. The van der Waals surface area contributed by atoms with Gasteiger partial charge < -0.3 is 20.5 Å². The van der Waals surface area contributed by atoms with Crippen LogP contribution in [0.5, 0.6) is 5.75 Å². The van der Waals surface area contributed by atoms with Crippen molar-refractivity contribution in [3.8, 4) is 5.75 Å². The van der Waals surface area contributed by atoms with Crippen LogP contribution in [0.3, 0.4) is 0 Å². The molecule has 5 heteroatoms. The summed E-state index contributed by atoms with van der Waals surface area (Å²) in [5, 5.41) is 8.91. The lowest BCUT2D eigenvalue weighted by atomic mass is 10.1. The fourth-order valence-corrected chi connectivity index (χ4v) is 2.80. The van der Waals surface area contributed by atoms with E-state index in [1.165, 1.54) is 0 Å². The molecule has 1 heterocycles. The lowest BCUT2D eigenvalue weighted by molar-refractivity contribution is -0.132. The topological polar surface area (TPSA) is 75.8 Å². The number of nitrogens with two attached hydrogens (primary N) is 1. The van der Waals surface area contributed by atoms with E-state index in [4.69, 9.17) is 15.6 Å². The minimum atomic E-state index is 0.138. The summed E-state index contributed by atoms with van der Waals surface area (Å²) in [5.74, 6) is 0.834. The smallest absolute Gasteiger partial charge is 0.226 e. The Balaban J connectivity index is 1.76. The summed E-state index contributed by atoms with van der Waals surface area (Å²) in [4.78, 5) is 14.2. The van der Waals surface area contributed by atoms with E-state index in [1.807, 2.05) is 17.0 Å². The van der Waals surface area contributed by atoms with Crippen LogP contribution in [0.2, 0.25) is 0 Å². The lowest BCUT2D eigenvalue weighted by Crippen LogP contribution is -2.36. The molecule has 1 aromatic carbocycles. The van der Waals surface area contributed by atoms with Gasteiger partial charge in [0.15, 0.2) is 0 Å². The monoisotopic (exact) mass is 292 g/mol. The van der Waals surface area contributed by atoms with Gasteiger partial charge in [-0.15, -0.1) is 0 Å². The number of hydrogen-bond acceptors (Lipinski definition) is 4. The van der Waals surface area contributed by atoms with Crippen molar-refractivity contribution < 1.29 is 14.6 Å². The summed E-state index contributed by atoms with van der Waals surface area (Å²) in [7, 11) is 0. The number of amides is 1. The third kappa shape index (κ3) is 4.63. The van der Waals surface area contributed by atoms with Crippen LogP contribution in [0.15, 0.2) is 24.3 Å². The second-order valence-electron chi connectivity index (χ2n) is 5.42. The van der Waals surface area contributed by atoms with Crippen molar-refractivity contribution in [2.45, 2.75) is 38.1 Å². The average molecular weight is 292 g/mol. The summed E-state index contributed by atoms with van der Waals surface area (Å²) < 4.78 is 5.57. The number of ether oxygens (including phenoxy) is 1. The Morgan fingerprint density at radius 3 is 3.10 bits per heavy atom. The SMILES string of the molecule is Nc1cccc(OCCC(=O)N2CCCC2CCCO)c1. The Labute approximate surface area is 125 Å². The van der Waals surface area contributed by atoms with E-state index in [0.717, 1.165) is 32.2 Å². The molecule has 1 aliphatic heterocycles. The van der Waals surface area contributed by atoms with Gasteiger partial charge in [-0.25, -0.2) is 0 Å². The molecule has 21 heavy (non-hydrogen) atoms. The summed E-state index contributed by atoms with van der Waals surface area (Å²) in [5.41, 5.74) is 6.33. The molecule has 116 valence electrons. The first-order chi connectivity index (χ1) is 10.2. The molecule has 1 amide bonds. The molecule has 1 aromatic rings. The molecule has 0 aliphatic carbocycles. The van der Waals surface area contributed by atoms with Crippen molar-refractivity contribution in [2.24, 2.45) is 0 Å². The third-order valence-electron chi connectivity index (χ3n) is 3.84. The van der Waals surface area contributed by atoms with E-state index in [2.05, 4.69) is 0 Å². The predicted octanol–water partition coefficient (Wildman–Crippen LogP) is 1.80. The molecule has 1 saturated heterocycles. The fourth-order valence-electron chi connectivity index (χ4n) is 2.80. The number of hydrogen-bond donors (Lipinski definition) is 2. The molecule has 2 rings (SSSR count). The molecule has 1 fully saturated rings. The molecule has 0 bridgehead atoms. The average Bonchev–Trinajstić information content (AvgIpc) is 2.93. The number of nitrogens with zero attached hydrogens (tertiary/aromatic N) is 1. The van der Waals surface area contributed by atoms with Gasteiger partial charge in [-0.3, -0.25) is 4.79 Å². The third-order valence-corrected chi connectivity index (χ3v) is 3.84. The van der Waals surface area contributed by atoms with Crippen LogP contribution in [0.4, 0.5) is 5.69 Å². The van der Waals surface area contributed by atoms with Gasteiger partial charge in [0.05, 0.1) is 13.0 Å². The maximum Gasteiger partial charge on any atom is 0.226 e. The molecule has 1 aliphatic rings. The highest BCUT2D eigenvalue weighted by Crippen LogP contribution is 2.22. The van der Waals surface area contributed by atoms with Crippen LogP contribution < -0.4 is 10.5 Å². The first kappa shape index (κ1) is 15.6. The number of aliphatic hydroxyl groups is 1. The highest BCUT2D eigenvalue weighted by atomic mass is 16.5. The highest BCUT2D eigenvalue weighted by molar-refractivity contribution is 5.77. The van der Waals surface area contributed by atoms with Crippen molar-refractivity contribution in [1.29, 1.82) is 0 Å². The molecule has 0 radical (unpaired) electrons. The molecule has 5 nitrogen and oxygen atoms in total. The van der Waals surface area contributed by atoms with Gasteiger partial charge in [0.2, 0.25) is 5.91 Å². The quantitative estimate of drug-likeness (QED) is 0.751. The highest BCUT2D eigenvalue weighted by Gasteiger charge is 2.27. The van der Waals surface area contributed by atoms with Crippen molar-refractivity contribution in [3.05, 3.63) is 24.3 Å². The number of carbonyl (C=O) groups excluding carboxylic acids is 1.